The van der Waals surface area contributed by atoms with Gasteiger partial charge in [-0.05, 0) is 6.08 Å². The molecular weight excluding hydrogens is 400 g/mol. The number of carbonyl (C=O) groups excluding carboxylic acids is 4. The van der Waals surface area contributed by atoms with Crippen LogP contribution in [0.5, 0.6) is 11.5 Å². The molecule has 0 saturated carbocycles. The molecule has 4 rings (SSSR count). The third-order valence-corrected chi connectivity index (χ3v) is 5.11. The van der Waals surface area contributed by atoms with Crippen molar-refractivity contribution in [3.63, 3.8) is 0 Å². The van der Waals surface area contributed by atoms with Gasteiger partial charge in [0.25, 0.3) is 0 Å². The van der Waals surface area contributed by atoms with Crippen molar-refractivity contribution in [2.75, 3.05) is 0 Å². The maximum absolute atomic E-state index is 12.3. The maximum Gasteiger partial charge on any atom is 0.237 e. The predicted octanol–water partition coefficient (Wildman–Crippen LogP) is 0.552. The topological polar surface area (TPSA) is 190 Å². The molecule has 0 aliphatic heterocycles. The van der Waals surface area contributed by atoms with E-state index in [9.17, 15) is 49.8 Å². The number of benzene rings is 1. The Hall–Kier alpha value is -4.18. The Morgan fingerprint density at radius 3 is 1.97 bits per heavy atom. The summed E-state index contributed by atoms with van der Waals surface area (Å²) in [4.78, 5) is 48.1. The van der Waals surface area contributed by atoms with Crippen LogP contribution < -0.4 is 0 Å². The molecule has 0 heterocycles. The summed E-state index contributed by atoms with van der Waals surface area (Å²) in [5, 5.41) is 61.9. The molecule has 1 aromatic carbocycles. The number of fused-ring (bicyclic) bond motifs is 1. The lowest BCUT2D eigenvalue weighted by Gasteiger charge is -2.33. The molecule has 0 saturated heterocycles. The van der Waals surface area contributed by atoms with E-state index in [4.69, 9.17) is 0 Å². The third kappa shape index (κ3) is 2.40. The van der Waals surface area contributed by atoms with Crippen molar-refractivity contribution in [1.82, 2.24) is 0 Å². The molecule has 0 radical (unpaired) electrons. The van der Waals surface area contributed by atoms with Crippen LogP contribution in [0.3, 0.4) is 0 Å². The zero-order chi connectivity index (χ0) is 22.1. The van der Waals surface area contributed by atoms with Crippen LogP contribution in [0.25, 0.3) is 5.76 Å². The molecule has 2 atom stereocenters. The van der Waals surface area contributed by atoms with Crippen LogP contribution in [0, 0.1) is 0 Å². The average Bonchev–Trinajstić information content (AvgIpc) is 2.64. The first-order chi connectivity index (χ1) is 14.0. The number of aliphatic hydroxyl groups is 4. The largest absolute Gasteiger partial charge is 0.507 e. The third-order valence-electron chi connectivity index (χ3n) is 5.11. The fraction of sp³-hybridized carbons (Fsp3) is 0.100. The molecule has 10 nitrogen and oxygen atoms in total. The van der Waals surface area contributed by atoms with E-state index in [1.807, 2.05) is 0 Å². The van der Waals surface area contributed by atoms with Crippen molar-refractivity contribution in [3.05, 3.63) is 63.6 Å². The summed E-state index contributed by atoms with van der Waals surface area (Å²) >= 11 is 0. The van der Waals surface area contributed by atoms with Gasteiger partial charge in [-0.15, -0.1) is 0 Å². The molecular formula is C20H12O10. The quantitative estimate of drug-likeness (QED) is 0.281. The number of hydrogen-bond acceptors (Lipinski definition) is 10. The number of carbonyl (C=O) groups is 4. The standard InChI is InChI=1S/C20H12O10/c21-5-1-9(25)17-15(7(23)3-11(27)19(17)29)13(5)14-6(22)2-10(26)18-16(14)8(24)4-12(28)20(18)30/h1-5,13,21-26H/t5-,13+/m0/s1. The number of ketones is 4. The Kier molecular flexibility index (Phi) is 3.93. The van der Waals surface area contributed by atoms with Gasteiger partial charge in [0.15, 0.2) is 0 Å². The highest BCUT2D eigenvalue weighted by atomic mass is 16.3. The van der Waals surface area contributed by atoms with Crippen LogP contribution in [0.4, 0.5) is 0 Å². The van der Waals surface area contributed by atoms with E-state index >= 15 is 0 Å². The first kappa shape index (κ1) is 19.2. The molecule has 10 heteroatoms. The summed E-state index contributed by atoms with van der Waals surface area (Å²) in [7, 11) is 0. The van der Waals surface area contributed by atoms with E-state index < -0.39 is 91.8 Å². The van der Waals surface area contributed by atoms with Gasteiger partial charge in [0.1, 0.15) is 28.8 Å². The van der Waals surface area contributed by atoms with Crippen molar-refractivity contribution >= 4 is 28.9 Å². The molecule has 0 fully saturated rings. The zero-order valence-corrected chi connectivity index (χ0v) is 14.8. The van der Waals surface area contributed by atoms with Crippen molar-refractivity contribution in [3.8, 4) is 11.5 Å². The number of aliphatic hydroxyl groups excluding tert-OH is 4. The number of Topliss-reactive ketones (excluding diaryl/α,β-unsaturated/α-hetero) is 2. The van der Waals surface area contributed by atoms with Gasteiger partial charge in [-0.3, -0.25) is 19.2 Å². The summed E-state index contributed by atoms with van der Waals surface area (Å²) in [5.41, 5.74) is -2.63. The lowest BCUT2D eigenvalue weighted by atomic mass is 9.72. The lowest BCUT2D eigenvalue weighted by Crippen LogP contribution is -2.33. The van der Waals surface area contributed by atoms with Crippen LogP contribution >= 0.6 is 0 Å². The van der Waals surface area contributed by atoms with Gasteiger partial charge in [0.05, 0.1) is 17.2 Å². The SMILES string of the molecule is O=C1C=C(O)C2=C(C1=O)C(O)=C[C@H](O)[C@@H]2c1c(O)cc(O)c2c1C(O)=CC(=O)C2=O. The summed E-state index contributed by atoms with van der Waals surface area (Å²) in [6.45, 7) is 0. The molecule has 0 amide bonds. The highest BCUT2D eigenvalue weighted by molar-refractivity contribution is 6.51. The number of rotatable bonds is 1. The fourth-order valence-electron chi connectivity index (χ4n) is 3.90. The van der Waals surface area contributed by atoms with Gasteiger partial charge >= 0.3 is 0 Å². The molecule has 1 aromatic rings. The second-order valence-electron chi connectivity index (χ2n) is 6.83. The molecule has 0 unspecified atom stereocenters. The monoisotopic (exact) mass is 412 g/mol. The summed E-state index contributed by atoms with van der Waals surface area (Å²) < 4.78 is 0. The fourth-order valence-corrected chi connectivity index (χ4v) is 3.90. The van der Waals surface area contributed by atoms with E-state index in [-0.39, 0.29) is 0 Å². The molecule has 0 spiro atoms. The zero-order valence-electron chi connectivity index (χ0n) is 14.8. The summed E-state index contributed by atoms with van der Waals surface area (Å²) in [6.07, 6.45) is 0.187. The van der Waals surface area contributed by atoms with E-state index in [1.54, 1.807) is 0 Å². The molecule has 152 valence electrons. The second kappa shape index (κ2) is 6.16. The van der Waals surface area contributed by atoms with Gasteiger partial charge < -0.3 is 30.6 Å². The Bertz CT molecular complexity index is 1220. The molecule has 0 bridgehead atoms. The van der Waals surface area contributed by atoms with Crippen molar-refractivity contribution in [2.24, 2.45) is 0 Å². The highest BCUT2D eigenvalue weighted by Gasteiger charge is 2.45. The Morgan fingerprint density at radius 1 is 0.700 bits per heavy atom. The van der Waals surface area contributed by atoms with Crippen molar-refractivity contribution < 1.29 is 49.8 Å². The van der Waals surface area contributed by atoms with Crippen LogP contribution in [0.2, 0.25) is 0 Å². The van der Waals surface area contributed by atoms with Crippen molar-refractivity contribution in [2.45, 2.75) is 12.0 Å². The van der Waals surface area contributed by atoms with Gasteiger partial charge in [-0.2, -0.15) is 0 Å². The van der Waals surface area contributed by atoms with Crippen molar-refractivity contribution in [1.29, 1.82) is 0 Å². The smallest absolute Gasteiger partial charge is 0.237 e. The molecule has 3 aliphatic rings. The summed E-state index contributed by atoms with van der Waals surface area (Å²) in [6, 6.07) is 0.694. The van der Waals surface area contributed by atoms with E-state index in [0.29, 0.717) is 18.2 Å². The van der Waals surface area contributed by atoms with Crippen LogP contribution in [0.15, 0.2) is 47.0 Å². The Balaban J connectivity index is 2.09. The molecule has 3 aliphatic carbocycles. The predicted molar refractivity (Wildman–Crippen MR) is 96.9 cm³/mol. The average molecular weight is 412 g/mol. The maximum atomic E-state index is 12.3. The number of phenols is 2. The second-order valence-corrected chi connectivity index (χ2v) is 6.83. The van der Waals surface area contributed by atoms with Gasteiger partial charge in [0.2, 0.25) is 23.1 Å². The van der Waals surface area contributed by atoms with E-state index in [1.165, 1.54) is 0 Å². The minimum atomic E-state index is -1.71. The number of hydrogen-bond donors (Lipinski definition) is 6. The van der Waals surface area contributed by atoms with Crippen LogP contribution in [-0.2, 0) is 14.4 Å². The van der Waals surface area contributed by atoms with E-state index in [2.05, 4.69) is 0 Å². The lowest BCUT2D eigenvalue weighted by molar-refractivity contribution is -0.131. The van der Waals surface area contributed by atoms with Crippen LogP contribution in [-0.4, -0.2) is 59.9 Å². The van der Waals surface area contributed by atoms with Crippen LogP contribution in [0.1, 0.15) is 27.4 Å². The van der Waals surface area contributed by atoms with Gasteiger partial charge in [-0.1, -0.05) is 0 Å². The molecule has 30 heavy (non-hydrogen) atoms. The Labute approximate surface area is 166 Å². The number of aromatic hydroxyl groups is 2. The molecule has 0 aromatic heterocycles. The van der Waals surface area contributed by atoms with Gasteiger partial charge in [-0.25, -0.2) is 0 Å². The van der Waals surface area contributed by atoms with E-state index in [0.717, 1.165) is 6.08 Å². The number of phenolic OH excluding ortho intramolecular Hbond substituents is 2. The molecule has 6 N–H and O–H groups in total. The normalized spacial score (nSPS) is 23.6. The van der Waals surface area contributed by atoms with Gasteiger partial charge in [0, 0.05) is 40.8 Å². The Morgan fingerprint density at radius 2 is 1.30 bits per heavy atom. The number of allylic oxidation sites excluding steroid dienone is 4. The minimum Gasteiger partial charge on any atom is -0.507 e. The first-order valence-corrected chi connectivity index (χ1v) is 8.46. The highest BCUT2D eigenvalue weighted by Crippen LogP contribution is 2.49. The minimum absolute atomic E-state index is 0.414. The summed E-state index contributed by atoms with van der Waals surface area (Å²) in [5.74, 6) is -10.2. The first-order valence-electron chi connectivity index (χ1n) is 8.46.